The molecule has 1 saturated heterocycles. The van der Waals surface area contributed by atoms with Crippen molar-refractivity contribution in [3.8, 4) is 5.69 Å². The predicted molar refractivity (Wildman–Crippen MR) is 86.0 cm³/mol. The van der Waals surface area contributed by atoms with E-state index >= 15 is 0 Å². The Morgan fingerprint density at radius 1 is 1.32 bits per heavy atom. The lowest BCUT2D eigenvalue weighted by atomic mass is 10.0. The topological polar surface area (TPSA) is 64.2 Å². The number of nitrogens with zero attached hydrogens (tertiary/aromatic N) is 3. The van der Waals surface area contributed by atoms with Crippen LogP contribution in [0.15, 0.2) is 36.5 Å². The Morgan fingerprint density at radius 3 is 2.82 bits per heavy atom. The number of aromatic nitrogens is 2. The third-order valence-electron chi connectivity index (χ3n) is 4.31. The molecule has 1 fully saturated rings. The maximum atomic E-state index is 12.9. The summed E-state index contributed by atoms with van der Waals surface area (Å²) in [6.45, 7) is 3.20. The summed E-state index contributed by atoms with van der Waals surface area (Å²) in [7, 11) is 0. The quantitative estimate of drug-likeness (QED) is 0.944. The molecular formula is C17H22N4O. The number of carbonyl (C=O) groups is 1. The molecule has 5 heteroatoms. The SMILES string of the molecule is Cc1nn(-c2ccccc2)cc1C(=O)N1CCCCC1CN. The number of para-hydroxylation sites is 1. The van der Waals surface area contributed by atoms with Crippen LogP contribution in [0.25, 0.3) is 5.69 Å². The van der Waals surface area contributed by atoms with Gasteiger partial charge in [-0.1, -0.05) is 18.2 Å². The van der Waals surface area contributed by atoms with E-state index in [1.807, 2.05) is 48.4 Å². The lowest BCUT2D eigenvalue weighted by molar-refractivity contribution is 0.0622. The Morgan fingerprint density at radius 2 is 2.09 bits per heavy atom. The van der Waals surface area contributed by atoms with Gasteiger partial charge in [-0.05, 0) is 38.3 Å². The van der Waals surface area contributed by atoms with Crippen LogP contribution >= 0.6 is 0 Å². The van der Waals surface area contributed by atoms with Crippen LogP contribution in [0.4, 0.5) is 0 Å². The van der Waals surface area contributed by atoms with Crippen LogP contribution in [0.1, 0.15) is 35.3 Å². The van der Waals surface area contributed by atoms with Gasteiger partial charge in [-0.15, -0.1) is 0 Å². The van der Waals surface area contributed by atoms with Crippen LogP contribution in [0.3, 0.4) is 0 Å². The Balaban J connectivity index is 1.88. The summed E-state index contributed by atoms with van der Waals surface area (Å²) in [5.74, 6) is 0.0508. The minimum Gasteiger partial charge on any atom is -0.334 e. The van der Waals surface area contributed by atoms with Crippen molar-refractivity contribution in [1.29, 1.82) is 0 Å². The molecule has 1 atom stereocenters. The van der Waals surface area contributed by atoms with Gasteiger partial charge in [0, 0.05) is 25.3 Å². The van der Waals surface area contributed by atoms with Gasteiger partial charge in [-0.3, -0.25) is 4.79 Å². The molecule has 3 rings (SSSR count). The molecule has 1 aromatic carbocycles. The highest BCUT2D eigenvalue weighted by atomic mass is 16.2. The molecule has 1 aromatic heterocycles. The molecule has 0 radical (unpaired) electrons. The number of amides is 1. The molecule has 0 bridgehead atoms. The van der Waals surface area contributed by atoms with Gasteiger partial charge in [0.1, 0.15) is 0 Å². The molecule has 1 amide bonds. The molecule has 0 aliphatic carbocycles. The zero-order valence-electron chi connectivity index (χ0n) is 12.9. The van der Waals surface area contributed by atoms with Crippen molar-refractivity contribution in [2.45, 2.75) is 32.2 Å². The minimum absolute atomic E-state index is 0.0508. The van der Waals surface area contributed by atoms with Gasteiger partial charge in [-0.2, -0.15) is 5.10 Å². The van der Waals surface area contributed by atoms with Crippen molar-refractivity contribution in [1.82, 2.24) is 14.7 Å². The third-order valence-corrected chi connectivity index (χ3v) is 4.31. The summed E-state index contributed by atoms with van der Waals surface area (Å²) in [5.41, 5.74) is 8.22. The number of carbonyl (C=O) groups excluding carboxylic acids is 1. The van der Waals surface area contributed by atoms with E-state index in [9.17, 15) is 4.79 Å². The van der Waals surface area contributed by atoms with E-state index < -0.39 is 0 Å². The Hall–Kier alpha value is -2.14. The summed E-state index contributed by atoms with van der Waals surface area (Å²) in [5, 5.41) is 4.49. The predicted octanol–water partition coefficient (Wildman–Crippen LogP) is 2.13. The van der Waals surface area contributed by atoms with Gasteiger partial charge >= 0.3 is 0 Å². The van der Waals surface area contributed by atoms with Crippen molar-refractivity contribution < 1.29 is 4.79 Å². The van der Waals surface area contributed by atoms with Gasteiger partial charge in [0.15, 0.2) is 0 Å². The first-order valence-electron chi connectivity index (χ1n) is 7.83. The van der Waals surface area contributed by atoms with Crippen LogP contribution < -0.4 is 5.73 Å². The van der Waals surface area contributed by atoms with E-state index in [1.165, 1.54) is 0 Å². The number of piperidine rings is 1. The number of rotatable bonds is 3. The molecule has 2 aromatic rings. The summed E-state index contributed by atoms with van der Waals surface area (Å²) in [4.78, 5) is 14.8. The van der Waals surface area contributed by atoms with Crippen LogP contribution in [0, 0.1) is 6.92 Å². The molecule has 22 heavy (non-hydrogen) atoms. The monoisotopic (exact) mass is 298 g/mol. The molecular weight excluding hydrogens is 276 g/mol. The maximum Gasteiger partial charge on any atom is 0.257 e. The number of benzene rings is 1. The second-order valence-corrected chi connectivity index (χ2v) is 5.79. The summed E-state index contributed by atoms with van der Waals surface area (Å²) >= 11 is 0. The Bertz CT molecular complexity index is 650. The molecule has 5 nitrogen and oxygen atoms in total. The summed E-state index contributed by atoms with van der Waals surface area (Å²) < 4.78 is 1.77. The van der Waals surface area contributed by atoms with E-state index in [1.54, 1.807) is 4.68 Å². The fourth-order valence-electron chi connectivity index (χ4n) is 3.05. The van der Waals surface area contributed by atoms with Crippen LogP contribution in [-0.4, -0.2) is 39.7 Å². The Kier molecular flexibility index (Phi) is 4.24. The van der Waals surface area contributed by atoms with Gasteiger partial charge in [0.2, 0.25) is 0 Å². The van der Waals surface area contributed by atoms with Crippen molar-refractivity contribution in [2.75, 3.05) is 13.1 Å². The van der Waals surface area contributed by atoms with Crippen molar-refractivity contribution >= 4 is 5.91 Å². The average molecular weight is 298 g/mol. The maximum absolute atomic E-state index is 12.9. The first kappa shape index (κ1) is 14.8. The molecule has 0 spiro atoms. The van der Waals surface area contributed by atoms with Gasteiger partial charge in [0.05, 0.1) is 16.9 Å². The van der Waals surface area contributed by atoms with Crippen LogP contribution in [0.5, 0.6) is 0 Å². The second-order valence-electron chi connectivity index (χ2n) is 5.79. The van der Waals surface area contributed by atoms with E-state index in [0.29, 0.717) is 12.1 Å². The first-order chi connectivity index (χ1) is 10.7. The number of nitrogens with two attached hydrogens (primary N) is 1. The van der Waals surface area contributed by atoms with E-state index in [0.717, 1.165) is 37.2 Å². The molecule has 2 N–H and O–H groups in total. The molecule has 1 unspecified atom stereocenters. The van der Waals surface area contributed by atoms with E-state index in [-0.39, 0.29) is 11.9 Å². The van der Waals surface area contributed by atoms with Crippen molar-refractivity contribution in [3.63, 3.8) is 0 Å². The average Bonchev–Trinajstić information content (AvgIpc) is 2.97. The van der Waals surface area contributed by atoms with Crippen molar-refractivity contribution in [3.05, 3.63) is 47.8 Å². The van der Waals surface area contributed by atoms with E-state index in [4.69, 9.17) is 5.73 Å². The number of aryl methyl sites for hydroxylation is 1. The largest absolute Gasteiger partial charge is 0.334 e. The zero-order chi connectivity index (χ0) is 15.5. The highest BCUT2D eigenvalue weighted by molar-refractivity contribution is 5.95. The zero-order valence-corrected chi connectivity index (χ0v) is 12.9. The lowest BCUT2D eigenvalue weighted by Crippen LogP contribution is -2.47. The van der Waals surface area contributed by atoms with Crippen LogP contribution in [0.2, 0.25) is 0 Å². The fourth-order valence-corrected chi connectivity index (χ4v) is 3.05. The highest BCUT2D eigenvalue weighted by Gasteiger charge is 2.28. The lowest BCUT2D eigenvalue weighted by Gasteiger charge is -2.34. The first-order valence-corrected chi connectivity index (χ1v) is 7.83. The number of likely N-dealkylation sites (tertiary alicyclic amines) is 1. The molecule has 0 saturated carbocycles. The third kappa shape index (κ3) is 2.76. The van der Waals surface area contributed by atoms with Gasteiger partial charge in [-0.25, -0.2) is 4.68 Å². The summed E-state index contributed by atoms with van der Waals surface area (Å²) in [6.07, 6.45) is 5.02. The molecule has 2 heterocycles. The fraction of sp³-hybridized carbons (Fsp3) is 0.412. The smallest absolute Gasteiger partial charge is 0.257 e. The summed E-state index contributed by atoms with van der Waals surface area (Å²) in [6, 6.07) is 9.99. The number of hydrogen-bond acceptors (Lipinski definition) is 3. The highest BCUT2D eigenvalue weighted by Crippen LogP contribution is 2.21. The number of hydrogen-bond donors (Lipinski definition) is 1. The van der Waals surface area contributed by atoms with Gasteiger partial charge in [0.25, 0.3) is 5.91 Å². The molecule has 1 aliphatic rings. The van der Waals surface area contributed by atoms with Crippen molar-refractivity contribution in [2.24, 2.45) is 5.73 Å². The minimum atomic E-state index is 0.0508. The Labute approximate surface area is 130 Å². The second kappa shape index (κ2) is 6.32. The normalized spacial score (nSPS) is 18.5. The van der Waals surface area contributed by atoms with Crippen LogP contribution in [-0.2, 0) is 0 Å². The van der Waals surface area contributed by atoms with Gasteiger partial charge < -0.3 is 10.6 Å². The molecule has 116 valence electrons. The van der Waals surface area contributed by atoms with E-state index in [2.05, 4.69) is 5.10 Å². The standard InChI is InChI=1S/C17H22N4O/c1-13-16(12-21(19-13)14-7-3-2-4-8-14)17(22)20-10-6-5-9-15(20)11-18/h2-4,7-8,12,15H,5-6,9-11,18H2,1H3. The molecule has 1 aliphatic heterocycles.